The van der Waals surface area contributed by atoms with E-state index in [1.165, 1.54) is 16.7 Å². The Hall–Kier alpha value is -3.42. The smallest absolute Gasteiger partial charge is 0.270 e. The SMILES string of the molecule is Cc1ccc(CNC(=O)c2ccc3n(c2=O)CCN(CCN2CCCC2=O)C3=O)cc1. The van der Waals surface area contributed by atoms with E-state index in [2.05, 4.69) is 5.32 Å². The number of nitrogens with one attached hydrogen (secondary N) is 1. The molecule has 2 aliphatic heterocycles. The highest BCUT2D eigenvalue weighted by atomic mass is 16.2. The zero-order chi connectivity index (χ0) is 22.0. The van der Waals surface area contributed by atoms with Gasteiger partial charge in [-0.25, -0.2) is 0 Å². The third-order valence-corrected chi connectivity index (χ3v) is 5.90. The first-order chi connectivity index (χ1) is 14.9. The van der Waals surface area contributed by atoms with Gasteiger partial charge >= 0.3 is 0 Å². The summed E-state index contributed by atoms with van der Waals surface area (Å²) in [5.41, 5.74) is 1.92. The number of rotatable bonds is 6. The number of hydrogen-bond donors (Lipinski definition) is 1. The van der Waals surface area contributed by atoms with Gasteiger partial charge in [0, 0.05) is 45.7 Å². The first-order valence-electron chi connectivity index (χ1n) is 10.6. The Balaban J connectivity index is 1.42. The second kappa shape index (κ2) is 8.75. The Labute approximate surface area is 180 Å². The van der Waals surface area contributed by atoms with E-state index in [0.29, 0.717) is 39.1 Å². The largest absolute Gasteiger partial charge is 0.348 e. The van der Waals surface area contributed by atoms with Crippen molar-refractivity contribution in [3.8, 4) is 0 Å². The van der Waals surface area contributed by atoms with E-state index in [-0.39, 0.29) is 23.1 Å². The molecule has 8 nitrogen and oxygen atoms in total. The number of carbonyl (C=O) groups is 3. The molecule has 31 heavy (non-hydrogen) atoms. The number of benzene rings is 1. The number of pyridine rings is 1. The minimum atomic E-state index is -0.457. The van der Waals surface area contributed by atoms with Crippen LogP contribution in [-0.4, -0.2) is 58.3 Å². The van der Waals surface area contributed by atoms with Gasteiger partial charge in [0.1, 0.15) is 11.3 Å². The summed E-state index contributed by atoms with van der Waals surface area (Å²) >= 11 is 0. The zero-order valence-corrected chi connectivity index (χ0v) is 17.6. The van der Waals surface area contributed by atoms with Gasteiger partial charge in [-0.1, -0.05) is 29.8 Å². The van der Waals surface area contributed by atoms with Crippen molar-refractivity contribution < 1.29 is 14.4 Å². The maximum absolute atomic E-state index is 12.9. The molecular weight excluding hydrogens is 396 g/mol. The Kier molecular flexibility index (Phi) is 5.88. The summed E-state index contributed by atoms with van der Waals surface area (Å²) in [6.45, 7) is 4.70. The quantitative estimate of drug-likeness (QED) is 0.756. The van der Waals surface area contributed by atoms with Gasteiger partial charge in [0.2, 0.25) is 5.91 Å². The molecule has 2 aromatic rings. The molecule has 0 spiro atoms. The molecule has 3 amide bonds. The van der Waals surface area contributed by atoms with E-state index in [1.54, 1.807) is 9.80 Å². The maximum Gasteiger partial charge on any atom is 0.270 e. The molecule has 3 heterocycles. The van der Waals surface area contributed by atoms with Gasteiger partial charge in [-0.05, 0) is 31.0 Å². The van der Waals surface area contributed by atoms with Crippen molar-refractivity contribution in [3.63, 3.8) is 0 Å². The predicted octanol–water partition coefficient (Wildman–Crippen LogP) is 1.16. The fourth-order valence-electron chi connectivity index (χ4n) is 4.02. The molecule has 8 heteroatoms. The van der Waals surface area contributed by atoms with Crippen LogP contribution in [0.5, 0.6) is 0 Å². The van der Waals surface area contributed by atoms with E-state index in [9.17, 15) is 19.2 Å². The summed E-state index contributed by atoms with van der Waals surface area (Å²) in [6, 6.07) is 10.7. The minimum absolute atomic E-state index is 0.0276. The molecule has 1 N–H and O–H groups in total. The van der Waals surface area contributed by atoms with Crippen LogP contribution in [0.4, 0.5) is 0 Å². The lowest BCUT2D eigenvalue weighted by Gasteiger charge is -2.31. The summed E-state index contributed by atoms with van der Waals surface area (Å²) in [7, 11) is 0. The van der Waals surface area contributed by atoms with Crippen molar-refractivity contribution >= 4 is 17.7 Å². The molecule has 1 aromatic heterocycles. The molecule has 0 aliphatic carbocycles. The van der Waals surface area contributed by atoms with Crippen LogP contribution < -0.4 is 10.9 Å². The van der Waals surface area contributed by atoms with E-state index in [1.807, 2.05) is 31.2 Å². The number of aromatic nitrogens is 1. The number of likely N-dealkylation sites (tertiary alicyclic amines) is 1. The molecule has 0 bridgehead atoms. The molecule has 0 radical (unpaired) electrons. The monoisotopic (exact) mass is 422 g/mol. The molecular formula is C23H26N4O4. The first-order valence-corrected chi connectivity index (χ1v) is 10.6. The third-order valence-electron chi connectivity index (χ3n) is 5.90. The van der Waals surface area contributed by atoms with Crippen LogP contribution in [0, 0.1) is 6.92 Å². The Morgan fingerprint density at radius 2 is 1.68 bits per heavy atom. The van der Waals surface area contributed by atoms with E-state index in [4.69, 9.17) is 0 Å². The van der Waals surface area contributed by atoms with E-state index in [0.717, 1.165) is 24.1 Å². The van der Waals surface area contributed by atoms with E-state index >= 15 is 0 Å². The van der Waals surface area contributed by atoms with Crippen molar-refractivity contribution in [3.05, 3.63) is 69.1 Å². The van der Waals surface area contributed by atoms with Crippen molar-refractivity contribution in [2.24, 2.45) is 0 Å². The second-order valence-corrected chi connectivity index (χ2v) is 8.03. The Morgan fingerprint density at radius 1 is 0.935 bits per heavy atom. The Bertz CT molecular complexity index is 1070. The normalized spacial score (nSPS) is 15.9. The third kappa shape index (κ3) is 4.38. The molecule has 0 unspecified atom stereocenters. The predicted molar refractivity (Wildman–Crippen MR) is 115 cm³/mol. The van der Waals surface area contributed by atoms with Crippen molar-refractivity contribution in [1.82, 2.24) is 19.7 Å². The van der Waals surface area contributed by atoms with Gasteiger partial charge in [-0.15, -0.1) is 0 Å². The summed E-state index contributed by atoms with van der Waals surface area (Å²) < 4.78 is 1.38. The number of fused-ring (bicyclic) bond motifs is 1. The van der Waals surface area contributed by atoms with Gasteiger partial charge < -0.3 is 19.7 Å². The average molecular weight is 422 g/mol. The number of hydrogen-bond acceptors (Lipinski definition) is 4. The van der Waals surface area contributed by atoms with Gasteiger partial charge in [-0.3, -0.25) is 19.2 Å². The number of carbonyl (C=O) groups excluding carboxylic acids is 3. The highest BCUT2D eigenvalue weighted by Crippen LogP contribution is 2.14. The molecule has 1 fully saturated rings. The summed E-state index contributed by atoms with van der Waals surface area (Å²) in [5, 5.41) is 2.77. The minimum Gasteiger partial charge on any atom is -0.348 e. The zero-order valence-electron chi connectivity index (χ0n) is 17.6. The summed E-state index contributed by atoms with van der Waals surface area (Å²) in [4.78, 5) is 53.5. The van der Waals surface area contributed by atoms with Crippen molar-refractivity contribution in [2.75, 3.05) is 26.2 Å². The molecule has 1 saturated heterocycles. The highest BCUT2D eigenvalue weighted by molar-refractivity contribution is 5.96. The van der Waals surface area contributed by atoms with Gasteiger partial charge in [0.15, 0.2) is 0 Å². The lowest BCUT2D eigenvalue weighted by molar-refractivity contribution is -0.127. The molecule has 2 aliphatic rings. The lowest BCUT2D eigenvalue weighted by Crippen LogP contribution is -2.48. The maximum atomic E-state index is 12.9. The first kappa shape index (κ1) is 20.8. The Morgan fingerprint density at radius 3 is 2.39 bits per heavy atom. The molecule has 1 aromatic carbocycles. The van der Waals surface area contributed by atoms with Crippen molar-refractivity contribution in [2.45, 2.75) is 32.9 Å². The van der Waals surface area contributed by atoms with E-state index < -0.39 is 11.5 Å². The lowest BCUT2D eigenvalue weighted by atomic mass is 10.1. The van der Waals surface area contributed by atoms with Crippen LogP contribution in [0.25, 0.3) is 0 Å². The molecule has 4 rings (SSSR count). The topological polar surface area (TPSA) is 91.7 Å². The molecule has 0 saturated carbocycles. The summed E-state index contributed by atoms with van der Waals surface area (Å²) in [6.07, 6.45) is 1.43. The van der Waals surface area contributed by atoms with Crippen LogP contribution in [-0.2, 0) is 17.9 Å². The van der Waals surface area contributed by atoms with Crippen LogP contribution in [0.2, 0.25) is 0 Å². The highest BCUT2D eigenvalue weighted by Gasteiger charge is 2.28. The summed E-state index contributed by atoms with van der Waals surface area (Å²) in [5.74, 6) is -0.577. The standard InChI is InChI=1S/C23H26N4O4/c1-16-4-6-17(7-5-16)15-24-21(29)18-8-9-19-23(31)26(13-14-27(19)22(18)30)12-11-25-10-2-3-20(25)28/h4-9H,2-3,10-15H2,1H3,(H,24,29). The fourth-order valence-corrected chi connectivity index (χ4v) is 4.02. The number of aryl methyl sites for hydroxylation is 1. The average Bonchev–Trinajstić information content (AvgIpc) is 3.18. The van der Waals surface area contributed by atoms with Crippen LogP contribution in [0.3, 0.4) is 0 Å². The van der Waals surface area contributed by atoms with Crippen LogP contribution in [0.1, 0.15) is 44.8 Å². The molecule has 162 valence electrons. The van der Waals surface area contributed by atoms with Gasteiger partial charge in [-0.2, -0.15) is 0 Å². The van der Waals surface area contributed by atoms with Gasteiger partial charge in [0.25, 0.3) is 17.4 Å². The fraction of sp³-hybridized carbons (Fsp3) is 0.391. The number of amides is 3. The second-order valence-electron chi connectivity index (χ2n) is 8.03. The van der Waals surface area contributed by atoms with Crippen LogP contribution >= 0.6 is 0 Å². The van der Waals surface area contributed by atoms with Crippen molar-refractivity contribution in [1.29, 1.82) is 0 Å². The van der Waals surface area contributed by atoms with Crippen LogP contribution in [0.15, 0.2) is 41.2 Å². The number of nitrogens with zero attached hydrogens (tertiary/aromatic N) is 3. The molecule has 0 atom stereocenters. The van der Waals surface area contributed by atoms with Gasteiger partial charge in [0.05, 0.1) is 0 Å².